The number of hydrogen-bond donors (Lipinski definition) is 0. The molecule has 2 heteroatoms. The highest BCUT2D eigenvalue weighted by Gasteiger charge is 2.33. The van der Waals surface area contributed by atoms with E-state index < -0.39 is 0 Å². The Morgan fingerprint density at radius 1 is 1.24 bits per heavy atom. The third kappa shape index (κ3) is 3.09. The van der Waals surface area contributed by atoms with Gasteiger partial charge < -0.3 is 4.74 Å². The summed E-state index contributed by atoms with van der Waals surface area (Å²) in [5.41, 5.74) is 1.09. The second kappa shape index (κ2) is 5.35. The minimum absolute atomic E-state index is 0.263. The van der Waals surface area contributed by atoms with Crippen molar-refractivity contribution in [3.05, 3.63) is 67.0 Å². The Morgan fingerprint density at radius 2 is 1.94 bits per heavy atom. The molecule has 0 aliphatic heterocycles. The van der Waals surface area contributed by atoms with Crippen LogP contribution in [0.3, 0.4) is 0 Å². The van der Waals surface area contributed by atoms with Gasteiger partial charge in [-0.15, -0.1) is 0 Å². The number of rotatable bonds is 2. The first-order valence-corrected chi connectivity index (χ1v) is 5.63. The molecule has 0 spiro atoms. The lowest BCUT2D eigenvalue weighted by molar-refractivity contribution is -0.143. The van der Waals surface area contributed by atoms with Crippen molar-refractivity contribution >= 4 is 5.97 Å². The highest BCUT2D eigenvalue weighted by atomic mass is 16.5. The Bertz CT molecular complexity index is 372. The van der Waals surface area contributed by atoms with E-state index in [1.54, 1.807) is 0 Å². The first-order chi connectivity index (χ1) is 8.16. The highest BCUT2D eigenvalue weighted by molar-refractivity contribution is 5.67. The summed E-state index contributed by atoms with van der Waals surface area (Å²) in [6.45, 7) is 3.46. The second-order valence-corrected chi connectivity index (χ2v) is 4.10. The molecule has 2 rings (SSSR count). The van der Waals surface area contributed by atoms with Crippen molar-refractivity contribution in [1.82, 2.24) is 0 Å². The van der Waals surface area contributed by atoms with Crippen LogP contribution in [-0.2, 0) is 9.53 Å². The van der Waals surface area contributed by atoms with Crippen LogP contribution in [0.25, 0.3) is 0 Å². The van der Waals surface area contributed by atoms with Gasteiger partial charge in [0.1, 0.15) is 6.10 Å². The Morgan fingerprint density at radius 3 is 2.59 bits per heavy atom. The van der Waals surface area contributed by atoms with Gasteiger partial charge in [-0.1, -0.05) is 37.3 Å². The normalized spacial score (nSPS) is 22.4. The van der Waals surface area contributed by atoms with Crippen LogP contribution < -0.4 is 0 Å². The van der Waals surface area contributed by atoms with Gasteiger partial charge in [-0.2, -0.15) is 0 Å². The average molecular weight is 227 g/mol. The van der Waals surface area contributed by atoms with Gasteiger partial charge in [0.2, 0.25) is 0 Å². The van der Waals surface area contributed by atoms with Gasteiger partial charge in [0, 0.05) is 19.3 Å². The SMILES string of the molecule is C[C]1[CH][CH]C(OC(C)=O)[C](c2ccccc2)[CH]1. The van der Waals surface area contributed by atoms with Crippen LogP contribution in [0.4, 0.5) is 0 Å². The van der Waals surface area contributed by atoms with Gasteiger partial charge in [-0.25, -0.2) is 0 Å². The standard InChI is InChI=1S/C15H15O2/c1-11-8-9-15(17-12(2)16)14(10-11)13-6-4-3-5-7-13/h3-10,15H,1-2H3. The summed E-state index contributed by atoms with van der Waals surface area (Å²) < 4.78 is 5.30. The number of esters is 1. The molecule has 1 fully saturated rings. The minimum atomic E-state index is -0.279. The third-order valence-electron chi connectivity index (χ3n) is 2.62. The maximum atomic E-state index is 11.1. The Balaban J connectivity index is 2.17. The molecule has 1 atom stereocenters. The predicted octanol–water partition coefficient (Wildman–Crippen LogP) is 2.76. The molecule has 0 N–H and O–H groups in total. The molecule has 17 heavy (non-hydrogen) atoms. The van der Waals surface area contributed by atoms with Gasteiger partial charge in [0.05, 0.1) is 0 Å². The first-order valence-electron chi connectivity index (χ1n) is 5.63. The van der Waals surface area contributed by atoms with Crippen LogP contribution >= 0.6 is 0 Å². The summed E-state index contributed by atoms with van der Waals surface area (Å²) in [5.74, 6) is 1.93. The predicted molar refractivity (Wildman–Crippen MR) is 66.2 cm³/mol. The fourth-order valence-electron chi connectivity index (χ4n) is 1.88. The van der Waals surface area contributed by atoms with Crippen molar-refractivity contribution in [3.8, 4) is 0 Å². The maximum Gasteiger partial charge on any atom is 0.302 e. The van der Waals surface area contributed by atoms with E-state index in [1.807, 2.05) is 50.1 Å². The molecule has 2 nitrogen and oxygen atoms in total. The molecule has 0 heterocycles. The number of hydrogen-bond acceptors (Lipinski definition) is 2. The molecule has 1 aliphatic carbocycles. The quantitative estimate of drug-likeness (QED) is 0.726. The fourth-order valence-corrected chi connectivity index (χ4v) is 1.88. The van der Waals surface area contributed by atoms with Crippen molar-refractivity contribution in [2.24, 2.45) is 0 Å². The minimum Gasteiger partial charge on any atom is -0.461 e. The molecule has 1 aliphatic rings. The maximum absolute atomic E-state index is 11.1. The largest absolute Gasteiger partial charge is 0.461 e. The van der Waals surface area contributed by atoms with Crippen LogP contribution in [0.5, 0.6) is 0 Å². The molecule has 1 unspecified atom stereocenters. The number of ether oxygens (including phenoxy) is 1. The monoisotopic (exact) mass is 227 g/mol. The molecule has 0 bridgehead atoms. The summed E-state index contributed by atoms with van der Waals surface area (Å²) >= 11 is 0. The highest BCUT2D eigenvalue weighted by Crippen LogP contribution is 2.36. The van der Waals surface area contributed by atoms with Crippen molar-refractivity contribution in [1.29, 1.82) is 0 Å². The molecule has 87 valence electrons. The first kappa shape index (κ1) is 12.2. The second-order valence-electron chi connectivity index (χ2n) is 4.10. The summed E-state index contributed by atoms with van der Waals surface area (Å²) in [5, 5.41) is 0. The molecular formula is C15H15O2. The number of carbonyl (C=O) groups excluding carboxylic acids is 1. The zero-order chi connectivity index (χ0) is 12.3. The van der Waals surface area contributed by atoms with Crippen LogP contribution in [0, 0.1) is 31.1 Å². The zero-order valence-electron chi connectivity index (χ0n) is 10.0. The van der Waals surface area contributed by atoms with Crippen LogP contribution in [0.2, 0.25) is 0 Å². The lowest BCUT2D eigenvalue weighted by Gasteiger charge is -2.32. The molecule has 1 saturated carbocycles. The Hall–Kier alpha value is -1.31. The van der Waals surface area contributed by atoms with Gasteiger partial charge >= 0.3 is 5.97 Å². The van der Waals surface area contributed by atoms with E-state index in [0.717, 1.165) is 17.4 Å². The molecule has 0 saturated heterocycles. The molecule has 5 radical (unpaired) electrons. The number of benzene rings is 1. The van der Waals surface area contributed by atoms with E-state index in [-0.39, 0.29) is 12.1 Å². The molecular weight excluding hydrogens is 212 g/mol. The van der Waals surface area contributed by atoms with E-state index in [2.05, 4.69) is 6.42 Å². The Labute approximate surface area is 103 Å². The fraction of sp³-hybridized carbons (Fsp3) is 0.200. The van der Waals surface area contributed by atoms with Crippen LogP contribution in [0.15, 0.2) is 30.3 Å². The van der Waals surface area contributed by atoms with Crippen LogP contribution in [0.1, 0.15) is 19.4 Å². The van der Waals surface area contributed by atoms with Crippen molar-refractivity contribution in [3.63, 3.8) is 0 Å². The lowest BCUT2D eigenvalue weighted by Crippen LogP contribution is -2.32. The third-order valence-corrected chi connectivity index (χ3v) is 2.62. The molecule has 0 amide bonds. The smallest absolute Gasteiger partial charge is 0.302 e. The van der Waals surface area contributed by atoms with E-state index in [0.29, 0.717) is 0 Å². The van der Waals surface area contributed by atoms with Gasteiger partial charge in [-0.05, 0) is 24.3 Å². The van der Waals surface area contributed by atoms with Crippen molar-refractivity contribution < 1.29 is 9.53 Å². The van der Waals surface area contributed by atoms with Gasteiger partial charge in [0.15, 0.2) is 0 Å². The van der Waals surface area contributed by atoms with Crippen LogP contribution in [-0.4, -0.2) is 12.1 Å². The summed E-state index contributed by atoms with van der Waals surface area (Å²) in [4.78, 5) is 11.1. The van der Waals surface area contributed by atoms with E-state index in [4.69, 9.17) is 4.74 Å². The van der Waals surface area contributed by atoms with Crippen molar-refractivity contribution in [2.45, 2.75) is 20.0 Å². The summed E-state index contributed by atoms with van der Waals surface area (Å²) in [7, 11) is 0. The zero-order valence-corrected chi connectivity index (χ0v) is 10.0. The van der Waals surface area contributed by atoms with E-state index in [9.17, 15) is 4.79 Å². The van der Waals surface area contributed by atoms with Gasteiger partial charge in [-0.3, -0.25) is 4.79 Å². The summed E-state index contributed by atoms with van der Waals surface area (Å²) in [6, 6.07) is 9.98. The molecule has 1 aromatic rings. The summed E-state index contributed by atoms with van der Waals surface area (Å²) in [6.07, 6.45) is 5.67. The lowest BCUT2D eigenvalue weighted by atomic mass is 9.77. The van der Waals surface area contributed by atoms with E-state index >= 15 is 0 Å². The topological polar surface area (TPSA) is 26.3 Å². The molecule has 1 aromatic carbocycles. The molecule has 0 aromatic heterocycles. The Kier molecular flexibility index (Phi) is 3.82. The van der Waals surface area contributed by atoms with Gasteiger partial charge in [0.25, 0.3) is 0 Å². The average Bonchev–Trinajstić information content (AvgIpc) is 2.32. The number of carbonyl (C=O) groups is 1. The van der Waals surface area contributed by atoms with E-state index in [1.165, 1.54) is 6.92 Å². The van der Waals surface area contributed by atoms with Crippen molar-refractivity contribution in [2.75, 3.05) is 0 Å².